The number of aliphatic hydroxyl groups excluding tert-OH is 1. The molecule has 0 bridgehead atoms. The van der Waals surface area contributed by atoms with E-state index in [1.54, 1.807) is 35.0 Å². The molecule has 192 valence electrons. The number of hydrogen-bond donors (Lipinski definition) is 2. The van der Waals surface area contributed by atoms with Gasteiger partial charge in [-0.25, -0.2) is 0 Å². The second-order valence-electron chi connectivity index (χ2n) is 8.67. The molecule has 2 N–H and O–H groups in total. The molecule has 11 heteroatoms. The molecule has 0 saturated carbocycles. The number of piperidine rings is 1. The van der Waals surface area contributed by atoms with Crippen LogP contribution in [0.2, 0.25) is 0 Å². The lowest BCUT2D eigenvalue weighted by atomic mass is 10.0. The van der Waals surface area contributed by atoms with Crippen LogP contribution in [0.4, 0.5) is 0 Å². The van der Waals surface area contributed by atoms with Crippen molar-refractivity contribution in [3.05, 3.63) is 64.2 Å². The van der Waals surface area contributed by atoms with Crippen molar-refractivity contribution in [3.8, 4) is 17.6 Å². The van der Waals surface area contributed by atoms with Gasteiger partial charge in [-0.1, -0.05) is 6.07 Å². The fourth-order valence-corrected chi connectivity index (χ4v) is 4.59. The number of fused-ring (bicyclic) bond motifs is 2. The molecule has 1 aromatic carbocycles. The second-order valence-corrected chi connectivity index (χ2v) is 8.67. The van der Waals surface area contributed by atoms with E-state index in [0.717, 1.165) is 29.6 Å². The lowest BCUT2D eigenvalue weighted by molar-refractivity contribution is 0.0384. The van der Waals surface area contributed by atoms with Crippen molar-refractivity contribution in [2.45, 2.75) is 31.7 Å². The number of pyridine rings is 2. The summed E-state index contributed by atoms with van der Waals surface area (Å²) in [6.45, 7) is 4.07. The van der Waals surface area contributed by atoms with Crippen LogP contribution in [-0.2, 0) is 13.1 Å². The van der Waals surface area contributed by atoms with Gasteiger partial charge in [-0.3, -0.25) is 14.7 Å². The SMILES string of the molecule is Cl.Cl.N#Cc1ccc2ccc(=O)n(CCN3CC[C@H](NCc4cc5c(cn4)OCCO5)[C@H](O)C3)c2c1. The molecular weight excluding hydrogens is 505 g/mol. The molecule has 1 saturated heterocycles. The number of β-amino-alcohol motifs (C(OH)–C–C–N with tert-alkyl or cyclic N) is 1. The van der Waals surface area contributed by atoms with Gasteiger partial charge in [0.2, 0.25) is 0 Å². The molecule has 0 amide bonds. The van der Waals surface area contributed by atoms with Crippen LogP contribution in [0.25, 0.3) is 10.9 Å². The third-order valence-electron chi connectivity index (χ3n) is 6.46. The number of aromatic nitrogens is 2. The van der Waals surface area contributed by atoms with E-state index in [-0.39, 0.29) is 36.4 Å². The van der Waals surface area contributed by atoms with Crippen molar-refractivity contribution < 1.29 is 14.6 Å². The first-order chi connectivity index (χ1) is 16.6. The summed E-state index contributed by atoms with van der Waals surface area (Å²) in [5.74, 6) is 1.37. The smallest absolute Gasteiger partial charge is 0.251 e. The Kier molecular flexibility index (Phi) is 9.54. The maximum Gasteiger partial charge on any atom is 0.251 e. The third kappa shape index (κ3) is 6.09. The van der Waals surface area contributed by atoms with Gasteiger partial charge in [-0.05, 0) is 36.6 Å². The highest BCUT2D eigenvalue weighted by Crippen LogP contribution is 2.29. The standard InChI is InChI=1S/C25H27N5O4.2ClH/c26-13-17-1-2-18-3-4-25(32)30(21(18)11-17)8-7-29-6-5-20(22(31)16-29)28-14-19-12-23-24(15-27-19)34-10-9-33-23;;/h1-4,11-12,15,20,22,28,31H,5-10,14,16H2;2*1H/t20-,22+;;/m0../s1. The van der Waals surface area contributed by atoms with Gasteiger partial charge >= 0.3 is 0 Å². The molecule has 2 atom stereocenters. The van der Waals surface area contributed by atoms with Crippen LogP contribution in [0.5, 0.6) is 11.5 Å². The van der Waals surface area contributed by atoms with Crippen LogP contribution < -0.4 is 20.3 Å². The monoisotopic (exact) mass is 533 g/mol. The minimum absolute atomic E-state index is 0. The summed E-state index contributed by atoms with van der Waals surface area (Å²) in [4.78, 5) is 19.1. The molecule has 2 aromatic heterocycles. The molecule has 4 heterocycles. The Morgan fingerprint density at radius 2 is 1.89 bits per heavy atom. The zero-order chi connectivity index (χ0) is 23.5. The maximum atomic E-state index is 12.5. The zero-order valence-electron chi connectivity index (χ0n) is 19.6. The van der Waals surface area contributed by atoms with E-state index in [4.69, 9.17) is 9.47 Å². The normalized spacial score (nSPS) is 19.1. The number of nitriles is 1. The topological polar surface area (TPSA) is 113 Å². The molecule has 0 aliphatic carbocycles. The first kappa shape index (κ1) is 27.7. The van der Waals surface area contributed by atoms with Crippen molar-refractivity contribution in [3.63, 3.8) is 0 Å². The van der Waals surface area contributed by atoms with Crippen LogP contribution in [0.3, 0.4) is 0 Å². The Morgan fingerprint density at radius 3 is 2.67 bits per heavy atom. The summed E-state index contributed by atoms with van der Waals surface area (Å²) < 4.78 is 12.8. The third-order valence-corrected chi connectivity index (χ3v) is 6.46. The number of benzene rings is 1. The highest BCUT2D eigenvalue weighted by Gasteiger charge is 2.27. The maximum absolute atomic E-state index is 12.5. The van der Waals surface area contributed by atoms with Gasteiger partial charge in [0.1, 0.15) is 13.2 Å². The van der Waals surface area contributed by atoms with Crippen molar-refractivity contribution in [2.24, 2.45) is 0 Å². The molecule has 2 aliphatic heterocycles. The Hall–Kier alpha value is -2.87. The molecule has 2 aliphatic rings. The Labute approximate surface area is 221 Å². The molecule has 36 heavy (non-hydrogen) atoms. The van der Waals surface area contributed by atoms with Gasteiger partial charge in [-0.2, -0.15) is 5.26 Å². The van der Waals surface area contributed by atoms with Crippen LogP contribution in [0.1, 0.15) is 17.7 Å². The van der Waals surface area contributed by atoms with Gasteiger partial charge in [0.25, 0.3) is 5.56 Å². The van der Waals surface area contributed by atoms with Crippen LogP contribution in [0, 0.1) is 11.3 Å². The van der Waals surface area contributed by atoms with Crippen molar-refractivity contribution >= 4 is 35.7 Å². The highest BCUT2D eigenvalue weighted by molar-refractivity contribution is 5.85. The zero-order valence-corrected chi connectivity index (χ0v) is 21.3. The Morgan fingerprint density at radius 1 is 1.11 bits per heavy atom. The average Bonchev–Trinajstić information content (AvgIpc) is 2.87. The molecule has 0 spiro atoms. The van der Waals surface area contributed by atoms with Gasteiger partial charge in [0.15, 0.2) is 11.5 Å². The van der Waals surface area contributed by atoms with E-state index in [1.807, 2.05) is 12.1 Å². The second kappa shape index (κ2) is 12.4. The van der Waals surface area contributed by atoms with Crippen LogP contribution in [0.15, 0.2) is 47.4 Å². The lowest BCUT2D eigenvalue weighted by Gasteiger charge is -2.36. The summed E-state index contributed by atoms with van der Waals surface area (Å²) in [5, 5.41) is 24.3. The summed E-state index contributed by atoms with van der Waals surface area (Å²) in [6, 6.07) is 12.7. The largest absolute Gasteiger partial charge is 0.486 e. The molecule has 0 unspecified atom stereocenters. The van der Waals surface area contributed by atoms with Crippen LogP contribution in [-0.4, -0.2) is 64.6 Å². The number of nitrogens with zero attached hydrogens (tertiary/aromatic N) is 4. The molecule has 3 aromatic rings. The first-order valence-electron chi connectivity index (χ1n) is 11.5. The van der Waals surface area contributed by atoms with Gasteiger partial charge in [0, 0.05) is 44.4 Å². The number of aliphatic hydroxyl groups is 1. The number of likely N-dealkylation sites (tertiary alicyclic amines) is 1. The molecule has 0 radical (unpaired) electrons. The van der Waals surface area contributed by atoms with Crippen molar-refractivity contribution in [1.82, 2.24) is 19.8 Å². The van der Waals surface area contributed by atoms with Gasteiger partial charge < -0.3 is 24.5 Å². The van der Waals surface area contributed by atoms with E-state index in [9.17, 15) is 15.2 Å². The van der Waals surface area contributed by atoms with Crippen molar-refractivity contribution in [1.29, 1.82) is 5.26 Å². The van der Waals surface area contributed by atoms with E-state index < -0.39 is 6.10 Å². The molecular formula is C25H29Cl2N5O4. The Bertz CT molecular complexity index is 1300. The van der Waals surface area contributed by atoms with E-state index >= 15 is 0 Å². The summed E-state index contributed by atoms with van der Waals surface area (Å²) >= 11 is 0. The molecule has 9 nitrogen and oxygen atoms in total. The minimum Gasteiger partial charge on any atom is -0.486 e. The van der Waals surface area contributed by atoms with Gasteiger partial charge in [-0.15, -0.1) is 24.8 Å². The number of hydrogen-bond acceptors (Lipinski definition) is 8. The van der Waals surface area contributed by atoms with E-state index in [1.165, 1.54) is 0 Å². The van der Waals surface area contributed by atoms with Gasteiger partial charge in [0.05, 0.1) is 35.1 Å². The quantitative estimate of drug-likeness (QED) is 0.495. The number of nitrogens with one attached hydrogen (secondary N) is 1. The fraction of sp³-hybridized carbons (Fsp3) is 0.400. The number of halogens is 2. The number of ether oxygens (including phenoxy) is 2. The van der Waals surface area contributed by atoms with Crippen molar-refractivity contribution in [2.75, 3.05) is 32.8 Å². The number of rotatable bonds is 6. The van der Waals surface area contributed by atoms with Crippen LogP contribution >= 0.6 is 24.8 Å². The predicted molar refractivity (Wildman–Crippen MR) is 140 cm³/mol. The van der Waals surface area contributed by atoms with E-state index in [0.29, 0.717) is 56.5 Å². The Balaban J connectivity index is 0.00000180. The molecule has 1 fully saturated rings. The fourth-order valence-electron chi connectivity index (χ4n) is 4.59. The highest BCUT2D eigenvalue weighted by atomic mass is 35.5. The first-order valence-corrected chi connectivity index (χ1v) is 11.5. The average molecular weight is 534 g/mol. The van der Waals surface area contributed by atoms with E-state index in [2.05, 4.69) is 21.3 Å². The predicted octanol–water partition coefficient (Wildman–Crippen LogP) is 2.11. The lowest BCUT2D eigenvalue weighted by Crippen LogP contribution is -2.53. The summed E-state index contributed by atoms with van der Waals surface area (Å²) in [5.41, 5.74) is 2.04. The molecule has 5 rings (SSSR count). The minimum atomic E-state index is -0.527. The summed E-state index contributed by atoms with van der Waals surface area (Å²) in [6.07, 6.45) is 1.94. The summed E-state index contributed by atoms with van der Waals surface area (Å²) in [7, 11) is 0.